The van der Waals surface area contributed by atoms with Crippen LogP contribution < -0.4 is 5.32 Å². The van der Waals surface area contributed by atoms with Gasteiger partial charge in [0.1, 0.15) is 5.54 Å². The Kier molecular flexibility index (Phi) is 4.42. The van der Waals surface area contributed by atoms with Gasteiger partial charge in [-0.1, -0.05) is 19.8 Å². The highest BCUT2D eigenvalue weighted by atomic mass is 16.5. The Balaban J connectivity index is 1.76. The van der Waals surface area contributed by atoms with Crippen molar-refractivity contribution in [3.05, 3.63) is 0 Å². The highest BCUT2D eigenvalue weighted by molar-refractivity contribution is 5.10. The molecule has 96 valence electrons. The van der Waals surface area contributed by atoms with Crippen molar-refractivity contribution in [1.82, 2.24) is 5.32 Å². The molecular weight excluding hydrogens is 212 g/mol. The molecule has 0 saturated heterocycles. The zero-order valence-electron chi connectivity index (χ0n) is 10.9. The lowest BCUT2D eigenvalue weighted by Gasteiger charge is -2.36. The van der Waals surface area contributed by atoms with Crippen molar-refractivity contribution >= 4 is 0 Å². The van der Waals surface area contributed by atoms with Crippen LogP contribution in [0, 0.1) is 17.2 Å². The van der Waals surface area contributed by atoms with E-state index in [2.05, 4.69) is 18.3 Å². The van der Waals surface area contributed by atoms with Crippen molar-refractivity contribution in [1.29, 1.82) is 5.26 Å². The molecule has 2 unspecified atom stereocenters. The minimum atomic E-state index is -0.322. The van der Waals surface area contributed by atoms with Crippen molar-refractivity contribution in [2.24, 2.45) is 5.92 Å². The molecule has 2 rings (SSSR count). The summed E-state index contributed by atoms with van der Waals surface area (Å²) in [7, 11) is 0. The molecule has 0 aromatic heterocycles. The minimum absolute atomic E-state index is 0.293. The molecule has 2 saturated carbocycles. The molecule has 0 bridgehead atoms. The minimum Gasteiger partial charge on any atom is -0.378 e. The monoisotopic (exact) mass is 236 g/mol. The van der Waals surface area contributed by atoms with Crippen molar-refractivity contribution in [3.63, 3.8) is 0 Å². The van der Waals surface area contributed by atoms with Crippen LogP contribution in [0.5, 0.6) is 0 Å². The van der Waals surface area contributed by atoms with E-state index in [4.69, 9.17) is 4.74 Å². The second-order valence-corrected chi connectivity index (χ2v) is 5.55. The van der Waals surface area contributed by atoms with E-state index in [1.807, 2.05) is 0 Å². The predicted molar refractivity (Wildman–Crippen MR) is 67.6 cm³/mol. The molecule has 0 heterocycles. The van der Waals surface area contributed by atoms with Crippen molar-refractivity contribution < 1.29 is 4.74 Å². The van der Waals surface area contributed by atoms with E-state index < -0.39 is 0 Å². The van der Waals surface area contributed by atoms with Gasteiger partial charge in [0, 0.05) is 13.0 Å². The number of rotatable bonds is 6. The Hall–Kier alpha value is -0.590. The Labute approximate surface area is 105 Å². The Morgan fingerprint density at radius 2 is 2.24 bits per heavy atom. The summed E-state index contributed by atoms with van der Waals surface area (Å²) in [5, 5.41) is 12.7. The highest BCUT2D eigenvalue weighted by Crippen LogP contribution is 2.33. The van der Waals surface area contributed by atoms with E-state index in [0.29, 0.717) is 6.10 Å². The van der Waals surface area contributed by atoms with E-state index in [9.17, 15) is 5.26 Å². The third kappa shape index (κ3) is 3.69. The summed E-state index contributed by atoms with van der Waals surface area (Å²) in [5.74, 6) is 0.938. The quantitative estimate of drug-likeness (QED) is 0.771. The molecule has 2 aliphatic rings. The maximum absolute atomic E-state index is 9.35. The Bertz CT molecular complexity index is 278. The molecule has 0 aromatic rings. The molecule has 0 amide bonds. The van der Waals surface area contributed by atoms with Crippen LogP contribution in [0.1, 0.15) is 51.9 Å². The fourth-order valence-corrected chi connectivity index (χ4v) is 2.81. The van der Waals surface area contributed by atoms with Crippen LogP contribution in [0.15, 0.2) is 0 Å². The zero-order chi connectivity index (χ0) is 12.1. The normalized spacial score (nSPS) is 33.3. The van der Waals surface area contributed by atoms with Crippen LogP contribution >= 0.6 is 0 Å². The fourth-order valence-electron chi connectivity index (χ4n) is 2.81. The van der Waals surface area contributed by atoms with Crippen LogP contribution in [0.4, 0.5) is 0 Å². The van der Waals surface area contributed by atoms with Gasteiger partial charge in [0.15, 0.2) is 0 Å². The lowest BCUT2D eigenvalue weighted by atomic mass is 9.81. The van der Waals surface area contributed by atoms with Crippen LogP contribution in [-0.2, 0) is 4.74 Å². The van der Waals surface area contributed by atoms with E-state index in [0.717, 1.165) is 44.8 Å². The van der Waals surface area contributed by atoms with E-state index in [-0.39, 0.29) is 5.54 Å². The van der Waals surface area contributed by atoms with Gasteiger partial charge < -0.3 is 4.74 Å². The molecule has 2 aliphatic carbocycles. The van der Waals surface area contributed by atoms with E-state index >= 15 is 0 Å². The molecular formula is C14H24N2O. The van der Waals surface area contributed by atoms with E-state index in [1.54, 1.807) is 0 Å². The first kappa shape index (κ1) is 12.9. The Morgan fingerprint density at radius 1 is 1.41 bits per heavy atom. The standard InChI is InChI=1S/C14H24N2O/c1-2-16-14(11-15)8-3-4-13(10-14)17-9-7-12-5-6-12/h12-13,16H,2-10H2,1H3. The van der Waals surface area contributed by atoms with Crippen LogP contribution in [0.25, 0.3) is 0 Å². The third-order valence-electron chi connectivity index (χ3n) is 4.01. The summed E-state index contributed by atoms with van der Waals surface area (Å²) in [6.45, 7) is 3.82. The molecule has 0 aromatic carbocycles. The molecule has 0 radical (unpaired) electrons. The molecule has 0 spiro atoms. The molecule has 3 nitrogen and oxygen atoms in total. The SMILES string of the molecule is CCNC1(C#N)CCCC(OCCC2CC2)C1. The number of nitrogens with one attached hydrogen (secondary N) is 1. The van der Waals surface area contributed by atoms with Crippen molar-refractivity contribution in [2.45, 2.75) is 63.5 Å². The summed E-state index contributed by atoms with van der Waals surface area (Å²) in [6.07, 6.45) is 8.37. The summed E-state index contributed by atoms with van der Waals surface area (Å²) in [5.41, 5.74) is -0.322. The van der Waals surface area contributed by atoms with Gasteiger partial charge in [0.2, 0.25) is 0 Å². The predicted octanol–water partition coefficient (Wildman–Crippen LogP) is 2.62. The molecule has 17 heavy (non-hydrogen) atoms. The molecule has 0 aliphatic heterocycles. The summed E-state index contributed by atoms with van der Waals surface area (Å²) < 4.78 is 5.95. The lowest BCUT2D eigenvalue weighted by molar-refractivity contribution is 0.00671. The van der Waals surface area contributed by atoms with Crippen LogP contribution in [-0.4, -0.2) is 24.8 Å². The third-order valence-corrected chi connectivity index (χ3v) is 4.01. The van der Waals surface area contributed by atoms with Crippen molar-refractivity contribution in [2.75, 3.05) is 13.2 Å². The number of ether oxygens (including phenoxy) is 1. The lowest BCUT2D eigenvalue weighted by Crippen LogP contribution is -2.49. The maximum atomic E-state index is 9.35. The largest absolute Gasteiger partial charge is 0.378 e. The highest BCUT2D eigenvalue weighted by Gasteiger charge is 2.36. The summed E-state index contributed by atoms with van der Waals surface area (Å²) in [4.78, 5) is 0. The van der Waals surface area contributed by atoms with Gasteiger partial charge in [-0.25, -0.2) is 0 Å². The van der Waals surface area contributed by atoms with Gasteiger partial charge in [0.05, 0.1) is 12.2 Å². The van der Waals surface area contributed by atoms with Gasteiger partial charge in [-0.15, -0.1) is 0 Å². The summed E-state index contributed by atoms with van der Waals surface area (Å²) >= 11 is 0. The van der Waals surface area contributed by atoms with Gasteiger partial charge in [-0.05, 0) is 38.1 Å². The second-order valence-electron chi connectivity index (χ2n) is 5.55. The molecule has 1 N–H and O–H groups in total. The molecule has 2 atom stereocenters. The number of hydrogen-bond acceptors (Lipinski definition) is 3. The average Bonchev–Trinajstić information content (AvgIpc) is 3.14. The first-order valence-electron chi connectivity index (χ1n) is 7.06. The molecule has 3 heteroatoms. The number of hydrogen-bond donors (Lipinski definition) is 1. The van der Waals surface area contributed by atoms with Crippen LogP contribution in [0.2, 0.25) is 0 Å². The maximum Gasteiger partial charge on any atom is 0.109 e. The summed E-state index contributed by atoms with van der Waals surface area (Å²) in [6, 6.07) is 2.47. The van der Waals surface area contributed by atoms with Crippen LogP contribution in [0.3, 0.4) is 0 Å². The van der Waals surface area contributed by atoms with Crippen molar-refractivity contribution in [3.8, 4) is 6.07 Å². The van der Waals surface area contributed by atoms with Gasteiger partial charge in [0.25, 0.3) is 0 Å². The molecule has 2 fully saturated rings. The fraction of sp³-hybridized carbons (Fsp3) is 0.929. The second kappa shape index (κ2) is 5.84. The topological polar surface area (TPSA) is 45.0 Å². The first-order chi connectivity index (χ1) is 8.28. The van der Waals surface area contributed by atoms with E-state index in [1.165, 1.54) is 19.3 Å². The smallest absolute Gasteiger partial charge is 0.109 e. The number of nitriles is 1. The number of nitrogens with zero attached hydrogens (tertiary/aromatic N) is 1. The van der Waals surface area contributed by atoms with Gasteiger partial charge in [-0.2, -0.15) is 5.26 Å². The average molecular weight is 236 g/mol. The zero-order valence-corrected chi connectivity index (χ0v) is 10.9. The first-order valence-corrected chi connectivity index (χ1v) is 7.06. The Morgan fingerprint density at radius 3 is 2.88 bits per heavy atom. The van der Waals surface area contributed by atoms with Gasteiger partial charge >= 0.3 is 0 Å². The van der Waals surface area contributed by atoms with Gasteiger partial charge in [-0.3, -0.25) is 5.32 Å².